The Morgan fingerprint density at radius 2 is 1.95 bits per heavy atom. The maximum absolute atomic E-state index is 12.7. The minimum atomic E-state index is 0.0226. The maximum Gasteiger partial charge on any atom is 0.241 e. The summed E-state index contributed by atoms with van der Waals surface area (Å²) in [6.07, 6.45) is 4.51. The first-order chi connectivity index (χ1) is 9.92. The molecule has 1 N–H and O–H groups in total. The Labute approximate surface area is 131 Å². The Morgan fingerprint density at radius 3 is 2.48 bits per heavy atom. The predicted molar refractivity (Wildman–Crippen MR) is 89.2 cm³/mol. The molecular formula is C17H35N3O. The van der Waals surface area contributed by atoms with Crippen molar-refractivity contribution in [2.24, 2.45) is 5.92 Å². The smallest absolute Gasteiger partial charge is 0.241 e. The molecule has 4 heteroatoms. The third-order valence-corrected chi connectivity index (χ3v) is 4.86. The summed E-state index contributed by atoms with van der Waals surface area (Å²) in [5.74, 6) is 0.732. The molecule has 1 rings (SSSR count). The third kappa shape index (κ3) is 4.96. The lowest BCUT2D eigenvalue weighted by Gasteiger charge is -2.26. The van der Waals surface area contributed by atoms with E-state index in [4.69, 9.17) is 0 Å². The standard InChI is InChI=1S/C17H35N3O/c1-7-10-15-18-16(14(5)8-2)17(21)20(15)12-9-11-19(6)13(3)4/h13-16,18H,7-12H2,1-6H3. The highest BCUT2D eigenvalue weighted by Gasteiger charge is 2.39. The van der Waals surface area contributed by atoms with Crippen molar-refractivity contribution in [3.8, 4) is 0 Å². The van der Waals surface area contributed by atoms with Crippen molar-refractivity contribution in [3.05, 3.63) is 0 Å². The highest BCUT2D eigenvalue weighted by molar-refractivity contribution is 5.84. The molecule has 1 aliphatic rings. The van der Waals surface area contributed by atoms with Gasteiger partial charge in [0.15, 0.2) is 0 Å². The average molecular weight is 297 g/mol. The average Bonchev–Trinajstić information content (AvgIpc) is 2.75. The number of nitrogens with zero attached hydrogens (tertiary/aromatic N) is 2. The van der Waals surface area contributed by atoms with Gasteiger partial charge < -0.3 is 9.80 Å². The second kappa shape index (κ2) is 8.74. The number of rotatable bonds is 9. The van der Waals surface area contributed by atoms with Gasteiger partial charge in [-0.15, -0.1) is 0 Å². The van der Waals surface area contributed by atoms with Crippen LogP contribution in [0.4, 0.5) is 0 Å². The van der Waals surface area contributed by atoms with E-state index in [-0.39, 0.29) is 12.2 Å². The number of carbonyl (C=O) groups excluding carboxylic acids is 1. The van der Waals surface area contributed by atoms with Gasteiger partial charge in [-0.25, -0.2) is 0 Å². The van der Waals surface area contributed by atoms with Crippen LogP contribution in [0.5, 0.6) is 0 Å². The molecule has 0 aliphatic carbocycles. The Bertz CT molecular complexity index is 319. The van der Waals surface area contributed by atoms with E-state index in [9.17, 15) is 4.79 Å². The summed E-state index contributed by atoms with van der Waals surface area (Å²) in [4.78, 5) is 17.1. The topological polar surface area (TPSA) is 35.6 Å². The Morgan fingerprint density at radius 1 is 1.29 bits per heavy atom. The molecule has 0 bridgehead atoms. The van der Waals surface area contributed by atoms with Crippen LogP contribution in [0.3, 0.4) is 0 Å². The summed E-state index contributed by atoms with van der Waals surface area (Å²) in [6, 6.07) is 0.589. The predicted octanol–water partition coefficient (Wildman–Crippen LogP) is 2.69. The Kier molecular flexibility index (Phi) is 7.67. The first-order valence-corrected chi connectivity index (χ1v) is 8.69. The first-order valence-electron chi connectivity index (χ1n) is 8.69. The van der Waals surface area contributed by atoms with Crippen LogP contribution < -0.4 is 5.32 Å². The number of carbonyl (C=O) groups is 1. The molecular weight excluding hydrogens is 262 g/mol. The molecule has 0 aromatic heterocycles. The van der Waals surface area contributed by atoms with Crippen molar-refractivity contribution in [2.75, 3.05) is 20.1 Å². The van der Waals surface area contributed by atoms with Crippen LogP contribution in [0.25, 0.3) is 0 Å². The van der Waals surface area contributed by atoms with Crippen molar-refractivity contribution < 1.29 is 4.79 Å². The molecule has 3 atom stereocenters. The molecule has 0 aromatic rings. The second-order valence-corrected chi connectivity index (χ2v) is 6.79. The molecule has 0 saturated carbocycles. The summed E-state index contributed by atoms with van der Waals surface area (Å²) >= 11 is 0. The molecule has 3 unspecified atom stereocenters. The van der Waals surface area contributed by atoms with Gasteiger partial charge in [-0.2, -0.15) is 0 Å². The van der Waals surface area contributed by atoms with Crippen molar-refractivity contribution in [1.29, 1.82) is 0 Å². The second-order valence-electron chi connectivity index (χ2n) is 6.79. The van der Waals surface area contributed by atoms with Gasteiger partial charge in [-0.3, -0.25) is 10.1 Å². The fourth-order valence-corrected chi connectivity index (χ4v) is 2.87. The molecule has 1 heterocycles. The molecule has 4 nitrogen and oxygen atoms in total. The molecule has 0 radical (unpaired) electrons. The van der Waals surface area contributed by atoms with E-state index in [0.717, 1.165) is 38.8 Å². The van der Waals surface area contributed by atoms with Gasteiger partial charge >= 0.3 is 0 Å². The fourth-order valence-electron chi connectivity index (χ4n) is 2.87. The molecule has 1 fully saturated rings. The Hall–Kier alpha value is -0.610. The van der Waals surface area contributed by atoms with Crippen LogP contribution >= 0.6 is 0 Å². The zero-order valence-corrected chi connectivity index (χ0v) is 14.9. The molecule has 1 aliphatic heterocycles. The van der Waals surface area contributed by atoms with Gasteiger partial charge in [0.2, 0.25) is 5.91 Å². The lowest BCUT2D eigenvalue weighted by Crippen LogP contribution is -2.39. The van der Waals surface area contributed by atoms with Crippen LogP contribution in [0.15, 0.2) is 0 Å². The highest BCUT2D eigenvalue weighted by Crippen LogP contribution is 2.22. The third-order valence-electron chi connectivity index (χ3n) is 4.86. The van der Waals surface area contributed by atoms with Gasteiger partial charge in [0.05, 0.1) is 12.2 Å². The molecule has 0 aromatic carbocycles. The van der Waals surface area contributed by atoms with E-state index in [1.807, 2.05) is 0 Å². The Balaban J connectivity index is 2.57. The fraction of sp³-hybridized carbons (Fsp3) is 0.941. The van der Waals surface area contributed by atoms with Gasteiger partial charge in [0.1, 0.15) is 0 Å². The SMILES string of the molecule is CCCC1NC(C(C)CC)C(=O)N1CCCN(C)C(C)C. The van der Waals surface area contributed by atoms with Crippen molar-refractivity contribution in [2.45, 2.75) is 78.6 Å². The van der Waals surface area contributed by atoms with Gasteiger partial charge in [0, 0.05) is 12.6 Å². The maximum atomic E-state index is 12.7. The van der Waals surface area contributed by atoms with Crippen LogP contribution in [0.2, 0.25) is 0 Å². The van der Waals surface area contributed by atoms with E-state index < -0.39 is 0 Å². The van der Waals surface area contributed by atoms with E-state index in [0.29, 0.717) is 17.9 Å². The lowest BCUT2D eigenvalue weighted by molar-refractivity contribution is -0.131. The number of hydrogen-bond donors (Lipinski definition) is 1. The molecule has 1 saturated heterocycles. The monoisotopic (exact) mass is 297 g/mol. The summed E-state index contributed by atoms with van der Waals surface area (Å²) in [5, 5.41) is 3.57. The first kappa shape index (κ1) is 18.4. The number of hydrogen-bond acceptors (Lipinski definition) is 3. The van der Waals surface area contributed by atoms with Gasteiger partial charge in [-0.1, -0.05) is 33.6 Å². The number of amides is 1. The highest BCUT2D eigenvalue weighted by atomic mass is 16.2. The van der Waals surface area contributed by atoms with Crippen molar-refractivity contribution >= 4 is 5.91 Å². The van der Waals surface area contributed by atoms with Gasteiger partial charge in [-0.05, 0) is 46.2 Å². The van der Waals surface area contributed by atoms with Crippen LogP contribution in [0.1, 0.15) is 60.3 Å². The summed E-state index contributed by atoms with van der Waals surface area (Å²) < 4.78 is 0. The largest absolute Gasteiger partial charge is 0.326 e. The van der Waals surface area contributed by atoms with Crippen LogP contribution in [0, 0.1) is 5.92 Å². The quantitative estimate of drug-likeness (QED) is 0.711. The van der Waals surface area contributed by atoms with E-state index in [1.165, 1.54) is 0 Å². The van der Waals surface area contributed by atoms with Crippen LogP contribution in [-0.2, 0) is 4.79 Å². The summed E-state index contributed by atoms with van der Waals surface area (Å²) in [5.41, 5.74) is 0. The molecule has 21 heavy (non-hydrogen) atoms. The normalized spacial score (nSPS) is 24.4. The summed E-state index contributed by atoms with van der Waals surface area (Å²) in [7, 11) is 2.15. The lowest BCUT2D eigenvalue weighted by atomic mass is 9.99. The van der Waals surface area contributed by atoms with Gasteiger partial charge in [0.25, 0.3) is 0 Å². The van der Waals surface area contributed by atoms with Crippen molar-refractivity contribution in [1.82, 2.24) is 15.1 Å². The van der Waals surface area contributed by atoms with E-state index >= 15 is 0 Å². The molecule has 0 spiro atoms. The molecule has 1 amide bonds. The van der Waals surface area contributed by atoms with Crippen LogP contribution in [-0.4, -0.2) is 54.1 Å². The zero-order valence-electron chi connectivity index (χ0n) is 14.9. The minimum absolute atomic E-state index is 0.0226. The van der Waals surface area contributed by atoms with E-state index in [1.54, 1.807) is 0 Å². The van der Waals surface area contributed by atoms with Crippen molar-refractivity contribution in [3.63, 3.8) is 0 Å². The van der Waals surface area contributed by atoms with E-state index in [2.05, 4.69) is 56.8 Å². The number of nitrogens with one attached hydrogen (secondary N) is 1. The summed E-state index contributed by atoms with van der Waals surface area (Å²) in [6.45, 7) is 12.9. The molecule has 124 valence electrons. The minimum Gasteiger partial charge on any atom is -0.326 e. The zero-order chi connectivity index (χ0) is 16.0.